The largest absolute Gasteiger partial charge is 0.323 e. The number of aromatic nitrogens is 1. The van der Waals surface area contributed by atoms with Crippen LogP contribution in [0.1, 0.15) is 42.2 Å². The first kappa shape index (κ1) is 23.7. The van der Waals surface area contributed by atoms with E-state index in [1.165, 1.54) is 4.90 Å². The van der Waals surface area contributed by atoms with Crippen molar-refractivity contribution in [2.75, 3.05) is 13.1 Å². The molecular formula is C30H29N3O3. The molecule has 6 nitrogen and oxygen atoms in total. The summed E-state index contributed by atoms with van der Waals surface area (Å²) in [5.41, 5.74) is 3.96. The topological polar surface area (TPSA) is 70.6 Å². The van der Waals surface area contributed by atoms with Gasteiger partial charge in [-0.2, -0.15) is 0 Å². The quantitative estimate of drug-likeness (QED) is 0.514. The smallest absolute Gasteiger partial charge is 0.277 e. The summed E-state index contributed by atoms with van der Waals surface area (Å²) in [6.45, 7) is 4.46. The van der Waals surface area contributed by atoms with Crippen molar-refractivity contribution in [2.24, 2.45) is 5.92 Å². The summed E-state index contributed by atoms with van der Waals surface area (Å²) in [5, 5.41) is 0. The zero-order valence-electron chi connectivity index (χ0n) is 20.5. The second kappa shape index (κ2) is 9.90. The predicted octanol–water partition coefficient (Wildman–Crippen LogP) is 4.70. The molecule has 0 aliphatic carbocycles. The second-order valence-corrected chi connectivity index (χ2v) is 9.77. The van der Waals surface area contributed by atoms with Gasteiger partial charge in [-0.15, -0.1) is 0 Å². The Morgan fingerprint density at radius 3 is 2.44 bits per heavy atom. The third-order valence-corrected chi connectivity index (χ3v) is 6.83. The van der Waals surface area contributed by atoms with Gasteiger partial charge in [-0.05, 0) is 47.2 Å². The van der Waals surface area contributed by atoms with Crippen LogP contribution in [0.25, 0.3) is 11.1 Å². The molecule has 182 valence electrons. The van der Waals surface area contributed by atoms with Crippen molar-refractivity contribution in [3.63, 3.8) is 0 Å². The maximum Gasteiger partial charge on any atom is 0.277 e. The standard InChI is InChI=1S/C30H29N3O3/c1-20(2)17-24(23-12-8-11-22(18-23)21-9-4-3-5-10-21)29(35)32-16-14-26-28(32)27(34)19-33(26)30(36)25-13-6-7-15-31-25/h3-15,18,20,24,28H,16-17,19H2,1-2H3. The van der Waals surface area contributed by atoms with Gasteiger partial charge < -0.3 is 9.80 Å². The number of carbonyl (C=O) groups is 3. The minimum atomic E-state index is -0.725. The molecule has 1 aromatic heterocycles. The highest BCUT2D eigenvalue weighted by Crippen LogP contribution is 2.35. The Morgan fingerprint density at radius 1 is 0.972 bits per heavy atom. The molecule has 1 saturated heterocycles. The van der Waals surface area contributed by atoms with Crippen LogP contribution in [0.3, 0.4) is 0 Å². The van der Waals surface area contributed by atoms with E-state index in [0.717, 1.165) is 16.7 Å². The first-order valence-corrected chi connectivity index (χ1v) is 12.4. The van der Waals surface area contributed by atoms with Crippen molar-refractivity contribution in [2.45, 2.75) is 32.2 Å². The Hall–Kier alpha value is -4.06. The summed E-state index contributed by atoms with van der Waals surface area (Å²) in [7, 11) is 0. The lowest BCUT2D eigenvalue weighted by atomic mass is 9.87. The van der Waals surface area contributed by atoms with Gasteiger partial charge in [0, 0.05) is 18.4 Å². The minimum absolute atomic E-state index is 0.0476. The van der Waals surface area contributed by atoms with Crippen LogP contribution in [0.4, 0.5) is 0 Å². The van der Waals surface area contributed by atoms with Crippen molar-refractivity contribution < 1.29 is 14.4 Å². The van der Waals surface area contributed by atoms with E-state index in [1.807, 2.05) is 42.5 Å². The molecular weight excluding hydrogens is 450 g/mol. The zero-order chi connectivity index (χ0) is 25.2. The van der Waals surface area contributed by atoms with Crippen LogP contribution in [0, 0.1) is 5.92 Å². The number of fused-ring (bicyclic) bond motifs is 1. The summed E-state index contributed by atoms with van der Waals surface area (Å²) in [4.78, 5) is 47.4. The molecule has 1 fully saturated rings. The third kappa shape index (κ3) is 4.47. The molecule has 0 bridgehead atoms. The van der Waals surface area contributed by atoms with Gasteiger partial charge in [-0.1, -0.05) is 74.5 Å². The summed E-state index contributed by atoms with van der Waals surface area (Å²) < 4.78 is 0. The Labute approximate surface area is 211 Å². The molecule has 36 heavy (non-hydrogen) atoms. The maximum atomic E-state index is 14.0. The molecule has 2 unspecified atom stereocenters. The van der Waals surface area contributed by atoms with E-state index in [2.05, 4.69) is 37.0 Å². The van der Waals surface area contributed by atoms with E-state index in [1.54, 1.807) is 29.3 Å². The number of nitrogens with zero attached hydrogens (tertiary/aromatic N) is 3. The van der Waals surface area contributed by atoms with E-state index >= 15 is 0 Å². The fraction of sp³-hybridized carbons (Fsp3) is 0.267. The van der Waals surface area contributed by atoms with Gasteiger partial charge in [-0.3, -0.25) is 19.4 Å². The number of benzene rings is 2. The van der Waals surface area contributed by atoms with Crippen LogP contribution in [0.15, 0.2) is 90.8 Å². The van der Waals surface area contributed by atoms with Crippen molar-refractivity contribution in [3.05, 3.63) is 102 Å². The molecule has 0 radical (unpaired) electrons. The number of pyridine rings is 1. The van der Waals surface area contributed by atoms with Crippen molar-refractivity contribution >= 4 is 17.6 Å². The lowest BCUT2D eigenvalue weighted by Crippen LogP contribution is -2.43. The molecule has 0 saturated carbocycles. The summed E-state index contributed by atoms with van der Waals surface area (Å²) >= 11 is 0. The molecule has 2 amide bonds. The minimum Gasteiger partial charge on any atom is -0.323 e. The van der Waals surface area contributed by atoms with Gasteiger partial charge in [0.25, 0.3) is 5.91 Å². The summed E-state index contributed by atoms with van der Waals surface area (Å²) in [5.74, 6) is -0.629. The van der Waals surface area contributed by atoms with E-state index < -0.39 is 6.04 Å². The van der Waals surface area contributed by atoms with Crippen molar-refractivity contribution in [3.8, 4) is 11.1 Å². The summed E-state index contributed by atoms with van der Waals surface area (Å²) in [6, 6.07) is 22.6. The molecule has 3 heterocycles. The predicted molar refractivity (Wildman–Crippen MR) is 138 cm³/mol. The number of hydrogen-bond acceptors (Lipinski definition) is 4. The Morgan fingerprint density at radius 2 is 1.72 bits per heavy atom. The van der Waals surface area contributed by atoms with Crippen LogP contribution in [0.5, 0.6) is 0 Å². The van der Waals surface area contributed by atoms with Crippen LogP contribution >= 0.6 is 0 Å². The number of Topliss-reactive ketones (excluding diaryl/α,β-unsaturated/α-hetero) is 1. The zero-order valence-corrected chi connectivity index (χ0v) is 20.5. The van der Waals surface area contributed by atoms with E-state index in [4.69, 9.17) is 0 Å². The highest BCUT2D eigenvalue weighted by molar-refractivity contribution is 6.04. The Kier molecular flexibility index (Phi) is 6.51. The van der Waals surface area contributed by atoms with E-state index in [9.17, 15) is 14.4 Å². The van der Waals surface area contributed by atoms with Crippen LogP contribution < -0.4 is 0 Å². The fourth-order valence-electron chi connectivity index (χ4n) is 5.15. The molecule has 3 aromatic rings. The molecule has 2 aromatic carbocycles. The van der Waals surface area contributed by atoms with Crippen LogP contribution in [-0.2, 0) is 9.59 Å². The highest BCUT2D eigenvalue weighted by atomic mass is 16.2. The maximum absolute atomic E-state index is 14.0. The van der Waals surface area contributed by atoms with Gasteiger partial charge in [0.2, 0.25) is 5.91 Å². The SMILES string of the molecule is CC(C)CC(C(=O)N1CC=C2C1C(=O)CN2C(=O)c1ccccn1)c1cccc(-c2ccccc2)c1. The molecule has 2 atom stereocenters. The lowest BCUT2D eigenvalue weighted by molar-refractivity contribution is -0.137. The molecule has 0 N–H and O–H groups in total. The van der Waals surface area contributed by atoms with Gasteiger partial charge in [0.15, 0.2) is 5.78 Å². The number of ketones is 1. The lowest BCUT2D eigenvalue weighted by Gasteiger charge is -2.29. The first-order chi connectivity index (χ1) is 17.4. The van der Waals surface area contributed by atoms with Gasteiger partial charge in [-0.25, -0.2) is 0 Å². The molecule has 2 aliphatic rings. The van der Waals surface area contributed by atoms with Gasteiger partial charge in [0.05, 0.1) is 12.5 Å². The van der Waals surface area contributed by atoms with E-state index in [-0.39, 0.29) is 41.7 Å². The average Bonchev–Trinajstić information content (AvgIpc) is 3.49. The number of carbonyl (C=O) groups excluding carboxylic acids is 3. The number of rotatable bonds is 6. The number of amides is 2. The molecule has 0 spiro atoms. The second-order valence-electron chi connectivity index (χ2n) is 9.77. The third-order valence-electron chi connectivity index (χ3n) is 6.83. The highest BCUT2D eigenvalue weighted by Gasteiger charge is 2.48. The van der Waals surface area contributed by atoms with Crippen LogP contribution in [-0.4, -0.2) is 51.5 Å². The average molecular weight is 480 g/mol. The Bertz CT molecular complexity index is 1320. The number of hydrogen-bond donors (Lipinski definition) is 0. The normalized spacial score (nSPS) is 17.8. The molecule has 5 rings (SSSR count). The molecule has 2 aliphatic heterocycles. The fourth-order valence-corrected chi connectivity index (χ4v) is 5.15. The first-order valence-electron chi connectivity index (χ1n) is 12.4. The number of likely N-dealkylation sites (tertiary alicyclic amines) is 1. The van der Waals surface area contributed by atoms with Gasteiger partial charge >= 0.3 is 0 Å². The monoisotopic (exact) mass is 479 g/mol. The van der Waals surface area contributed by atoms with Gasteiger partial charge in [0.1, 0.15) is 11.7 Å². The Balaban J connectivity index is 1.42. The molecule has 6 heteroatoms. The van der Waals surface area contributed by atoms with Crippen LogP contribution in [0.2, 0.25) is 0 Å². The summed E-state index contributed by atoms with van der Waals surface area (Å²) in [6.07, 6.45) is 4.06. The van der Waals surface area contributed by atoms with E-state index in [0.29, 0.717) is 18.7 Å². The van der Waals surface area contributed by atoms with Crippen molar-refractivity contribution in [1.82, 2.24) is 14.8 Å². The van der Waals surface area contributed by atoms with Crippen molar-refractivity contribution in [1.29, 1.82) is 0 Å².